The highest BCUT2D eigenvalue weighted by Crippen LogP contribution is 2.31. The lowest BCUT2D eigenvalue weighted by Crippen LogP contribution is -2.03. The molecule has 0 aliphatic heterocycles. The van der Waals surface area contributed by atoms with Crippen LogP contribution in [0.25, 0.3) is 11.3 Å². The van der Waals surface area contributed by atoms with E-state index >= 15 is 0 Å². The van der Waals surface area contributed by atoms with Gasteiger partial charge in [-0.25, -0.2) is 0 Å². The quantitative estimate of drug-likeness (QED) is 0.914. The molecular formula is C13H16BrN3. The molecule has 3 nitrogen and oxygen atoms in total. The molecule has 0 saturated carbocycles. The number of benzene rings is 1. The van der Waals surface area contributed by atoms with Gasteiger partial charge in [0.05, 0.1) is 10.2 Å². The first-order valence-corrected chi connectivity index (χ1v) is 6.43. The molecule has 17 heavy (non-hydrogen) atoms. The number of nitrogens with one attached hydrogen (secondary N) is 1. The Bertz CT molecular complexity index is 531. The van der Waals surface area contributed by atoms with Crippen LogP contribution in [-0.4, -0.2) is 16.7 Å². The van der Waals surface area contributed by atoms with E-state index in [2.05, 4.69) is 58.2 Å². The van der Waals surface area contributed by atoms with Gasteiger partial charge in [-0.15, -0.1) is 0 Å². The Kier molecular flexibility index (Phi) is 3.64. The third kappa shape index (κ3) is 2.42. The molecule has 0 radical (unpaired) electrons. The number of nitrogens with two attached hydrogens (primary N) is 1. The summed E-state index contributed by atoms with van der Waals surface area (Å²) in [5, 5.41) is 7.41. The zero-order valence-electron chi connectivity index (χ0n) is 10.0. The van der Waals surface area contributed by atoms with Crippen molar-refractivity contribution in [3.05, 3.63) is 39.5 Å². The predicted octanol–water partition coefficient (Wildman–Crippen LogP) is 2.96. The van der Waals surface area contributed by atoms with Gasteiger partial charge >= 0.3 is 0 Å². The molecule has 0 spiro atoms. The Labute approximate surface area is 110 Å². The summed E-state index contributed by atoms with van der Waals surface area (Å²) in [5.41, 5.74) is 11.2. The minimum atomic E-state index is 0.618. The molecule has 0 aliphatic rings. The number of rotatable bonds is 3. The number of aromatic amines is 1. The smallest absolute Gasteiger partial charge is 0.107 e. The molecule has 90 valence electrons. The van der Waals surface area contributed by atoms with Crippen LogP contribution in [0.4, 0.5) is 0 Å². The van der Waals surface area contributed by atoms with Crippen LogP contribution < -0.4 is 5.73 Å². The summed E-state index contributed by atoms with van der Waals surface area (Å²) in [6, 6.07) is 6.38. The molecule has 2 aromatic rings. The fourth-order valence-corrected chi connectivity index (χ4v) is 2.52. The minimum absolute atomic E-state index is 0.618. The molecule has 0 saturated heterocycles. The maximum absolute atomic E-state index is 5.56. The van der Waals surface area contributed by atoms with Crippen molar-refractivity contribution in [2.45, 2.75) is 20.3 Å². The van der Waals surface area contributed by atoms with Crippen LogP contribution in [0.1, 0.15) is 16.8 Å². The van der Waals surface area contributed by atoms with Crippen molar-refractivity contribution < 1.29 is 0 Å². The second kappa shape index (κ2) is 5.02. The second-order valence-corrected chi connectivity index (χ2v) is 5.01. The molecule has 0 fully saturated rings. The topological polar surface area (TPSA) is 54.7 Å². The van der Waals surface area contributed by atoms with E-state index < -0.39 is 0 Å². The molecule has 0 unspecified atom stereocenters. The van der Waals surface area contributed by atoms with E-state index in [9.17, 15) is 0 Å². The van der Waals surface area contributed by atoms with E-state index in [1.54, 1.807) is 0 Å². The van der Waals surface area contributed by atoms with Gasteiger partial charge in [0.15, 0.2) is 0 Å². The Balaban J connectivity index is 2.46. The van der Waals surface area contributed by atoms with Crippen molar-refractivity contribution in [1.82, 2.24) is 10.2 Å². The first kappa shape index (κ1) is 12.3. The highest BCUT2D eigenvalue weighted by molar-refractivity contribution is 9.10. The van der Waals surface area contributed by atoms with Crippen molar-refractivity contribution in [3.63, 3.8) is 0 Å². The average Bonchev–Trinajstić information content (AvgIpc) is 2.62. The monoisotopic (exact) mass is 293 g/mol. The summed E-state index contributed by atoms with van der Waals surface area (Å²) >= 11 is 3.59. The van der Waals surface area contributed by atoms with E-state index in [-0.39, 0.29) is 0 Å². The van der Waals surface area contributed by atoms with E-state index in [0.717, 1.165) is 27.8 Å². The second-order valence-electron chi connectivity index (χ2n) is 4.22. The highest BCUT2D eigenvalue weighted by atomic mass is 79.9. The third-order valence-electron chi connectivity index (χ3n) is 2.81. The fraction of sp³-hybridized carbons (Fsp3) is 0.308. The molecule has 0 amide bonds. The molecule has 1 aromatic carbocycles. The van der Waals surface area contributed by atoms with E-state index in [0.29, 0.717) is 6.54 Å². The first-order chi connectivity index (χ1) is 8.13. The third-order valence-corrected chi connectivity index (χ3v) is 3.66. The summed E-state index contributed by atoms with van der Waals surface area (Å²) in [6.07, 6.45) is 0.804. The zero-order valence-corrected chi connectivity index (χ0v) is 11.6. The summed E-state index contributed by atoms with van der Waals surface area (Å²) in [7, 11) is 0. The summed E-state index contributed by atoms with van der Waals surface area (Å²) in [5.74, 6) is 0. The molecule has 4 heteroatoms. The Morgan fingerprint density at radius 1 is 1.35 bits per heavy atom. The maximum Gasteiger partial charge on any atom is 0.107 e. The molecule has 0 aliphatic carbocycles. The first-order valence-electron chi connectivity index (χ1n) is 5.64. The molecule has 1 heterocycles. The Morgan fingerprint density at radius 3 is 2.76 bits per heavy atom. The minimum Gasteiger partial charge on any atom is -0.330 e. The van der Waals surface area contributed by atoms with Crippen molar-refractivity contribution >= 4 is 15.9 Å². The SMILES string of the molecule is Cc1ccc(-c2n[nH]c(CCN)c2Br)c(C)c1. The van der Waals surface area contributed by atoms with Crippen LogP contribution in [0.5, 0.6) is 0 Å². The van der Waals surface area contributed by atoms with Crippen LogP contribution in [0.3, 0.4) is 0 Å². The van der Waals surface area contributed by atoms with Crippen LogP contribution in [0.2, 0.25) is 0 Å². The van der Waals surface area contributed by atoms with Crippen molar-refractivity contribution in [1.29, 1.82) is 0 Å². The van der Waals surface area contributed by atoms with Gasteiger partial charge in [0, 0.05) is 12.0 Å². The van der Waals surface area contributed by atoms with E-state index in [4.69, 9.17) is 5.73 Å². The molecule has 0 bridgehead atoms. The Morgan fingerprint density at radius 2 is 2.12 bits per heavy atom. The van der Waals surface area contributed by atoms with Gasteiger partial charge in [-0.05, 0) is 41.9 Å². The van der Waals surface area contributed by atoms with Gasteiger partial charge < -0.3 is 5.73 Å². The van der Waals surface area contributed by atoms with Gasteiger partial charge in [-0.3, -0.25) is 5.10 Å². The lowest BCUT2D eigenvalue weighted by molar-refractivity contribution is 0.898. The predicted molar refractivity (Wildman–Crippen MR) is 74.0 cm³/mol. The normalized spacial score (nSPS) is 10.8. The standard InChI is InChI=1S/C13H16BrN3/c1-8-3-4-10(9(2)7-8)13-12(14)11(5-6-15)16-17-13/h3-4,7H,5-6,15H2,1-2H3,(H,16,17). The van der Waals surface area contributed by atoms with Crippen LogP contribution in [-0.2, 0) is 6.42 Å². The largest absolute Gasteiger partial charge is 0.330 e. The summed E-state index contributed by atoms with van der Waals surface area (Å²) in [6.45, 7) is 4.81. The van der Waals surface area contributed by atoms with Gasteiger partial charge in [0.25, 0.3) is 0 Å². The van der Waals surface area contributed by atoms with Crippen molar-refractivity contribution in [2.75, 3.05) is 6.54 Å². The van der Waals surface area contributed by atoms with Crippen molar-refractivity contribution in [2.24, 2.45) is 5.73 Å². The number of aryl methyl sites for hydroxylation is 2. The zero-order chi connectivity index (χ0) is 12.4. The average molecular weight is 294 g/mol. The number of aromatic nitrogens is 2. The van der Waals surface area contributed by atoms with E-state index in [1.165, 1.54) is 11.1 Å². The van der Waals surface area contributed by atoms with E-state index in [1.807, 2.05) is 0 Å². The number of hydrogen-bond donors (Lipinski definition) is 2. The summed E-state index contributed by atoms with van der Waals surface area (Å²) in [4.78, 5) is 0. The number of hydrogen-bond acceptors (Lipinski definition) is 2. The maximum atomic E-state index is 5.56. The number of nitrogens with zero attached hydrogens (tertiary/aromatic N) is 1. The molecular weight excluding hydrogens is 278 g/mol. The van der Waals surface area contributed by atoms with Crippen molar-refractivity contribution in [3.8, 4) is 11.3 Å². The Hall–Kier alpha value is -1.13. The number of halogens is 1. The number of H-pyrrole nitrogens is 1. The van der Waals surface area contributed by atoms with Gasteiger partial charge in [-0.1, -0.05) is 23.8 Å². The van der Waals surface area contributed by atoms with Crippen LogP contribution in [0, 0.1) is 13.8 Å². The molecule has 2 rings (SSSR count). The molecule has 0 atom stereocenters. The van der Waals surface area contributed by atoms with Crippen LogP contribution >= 0.6 is 15.9 Å². The lowest BCUT2D eigenvalue weighted by Gasteiger charge is -2.04. The lowest BCUT2D eigenvalue weighted by atomic mass is 10.0. The van der Waals surface area contributed by atoms with Crippen LogP contribution in [0.15, 0.2) is 22.7 Å². The molecule has 3 N–H and O–H groups in total. The molecule has 1 aromatic heterocycles. The highest BCUT2D eigenvalue weighted by Gasteiger charge is 2.13. The fourth-order valence-electron chi connectivity index (χ4n) is 1.93. The van der Waals surface area contributed by atoms with Gasteiger partial charge in [-0.2, -0.15) is 5.10 Å². The summed E-state index contributed by atoms with van der Waals surface area (Å²) < 4.78 is 1.02. The van der Waals surface area contributed by atoms with Gasteiger partial charge in [0.2, 0.25) is 0 Å². The van der Waals surface area contributed by atoms with Gasteiger partial charge in [0.1, 0.15) is 5.69 Å².